The van der Waals surface area contributed by atoms with Crippen LogP contribution in [0.25, 0.3) is 0 Å². The van der Waals surface area contributed by atoms with Crippen molar-refractivity contribution in [1.82, 2.24) is 5.32 Å². The van der Waals surface area contributed by atoms with Crippen LogP contribution in [0.5, 0.6) is 5.75 Å². The third-order valence-corrected chi connectivity index (χ3v) is 6.70. The van der Waals surface area contributed by atoms with E-state index >= 15 is 0 Å². The zero-order valence-corrected chi connectivity index (χ0v) is 15.1. The summed E-state index contributed by atoms with van der Waals surface area (Å²) in [6, 6.07) is 5.17. The second-order valence-corrected chi connectivity index (χ2v) is 8.08. The Balaban J connectivity index is 1.70. The third-order valence-electron chi connectivity index (χ3n) is 6.37. The van der Waals surface area contributed by atoms with Crippen LogP contribution in [-0.2, 0) is 0 Å². The molecule has 0 aliphatic heterocycles. The third kappa shape index (κ3) is 2.73. The molecule has 1 aromatic carbocycles. The topological polar surface area (TPSA) is 38.3 Å². The maximum Gasteiger partial charge on any atom is 0.252 e. The number of halogens is 1. The Hall–Kier alpha value is -1.22. The van der Waals surface area contributed by atoms with Crippen LogP contribution in [0.4, 0.5) is 0 Å². The van der Waals surface area contributed by atoms with Crippen molar-refractivity contribution in [3.63, 3.8) is 0 Å². The fourth-order valence-corrected chi connectivity index (χ4v) is 5.24. The smallest absolute Gasteiger partial charge is 0.252 e. The average Bonchev–Trinajstić information content (AvgIpc) is 2.51. The van der Waals surface area contributed by atoms with E-state index < -0.39 is 0 Å². The molecule has 1 N–H and O–H groups in total. The monoisotopic (exact) mass is 335 g/mol. The van der Waals surface area contributed by atoms with E-state index in [2.05, 4.69) is 26.1 Å². The van der Waals surface area contributed by atoms with Crippen molar-refractivity contribution in [1.29, 1.82) is 0 Å². The number of hydrogen-bond acceptors (Lipinski definition) is 2. The Labute approximate surface area is 143 Å². The minimum absolute atomic E-state index is 0.111. The normalized spacial score (nSPS) is 35.3. The van der Waals surface area contributed by atoms with Crippen molar-refractivity contribution < 1.29 is 9.53 Å². The van der Waals surface area contributed by atoms with Gasteiger partial charge in [-0.3, -0.25) is 4.79 Å². The molecule has 2 saturated carbocycles. The number of nitrogens with one attached hydrogen (secondary N) is 1. The lowest BCUT2D eigenvalue weighted by Gasteiger charge is -2.63. The van der Waals surface area contributed by atoms with Gasteiger partial charge in [0.05, 0.1) is 17.7 Å². The van der Waals surface area contributed by atoms with Gasteiger partial charge in [-0.05, 0) is 60.1 Å². The van der Waals surface area contributed by atoms with E-state index in [0.29, 0.717) is 16.3 Å². The summed E-state index contributed by atoms with van der Waals surface area (Å²) in [4.78, 5) is 12.6. The lowest BCUT2D eigenvalue weighted by atomic mass is 9.42. The Morgan fingerprint density at radius 3 is 2.52 bits per heavy atom. The van der Waals surface area contributed by atoms with E-state index in [9.17, 15) is 4.79 Å². The number of benzene rings is 1. The van der Waals surface area contributed by atoms with Gasteiger partial charge < -0.3 is 10.1 Å². The minimum atomic E-state index is -0.111. The molecule has 0 spiro atoms. The summed E-state index contributed by atoms with van der Waals surface area (Å²) in [5, 5.41) is 3.59. The maximum absolute atomic E-state index is 12.6. The molecule has 4 heteroatoms. The molecule has 23 heavy (non-hydrogen) atoms. The lowest BCUT2D eigenvalue weighted by molar-refractivity contribution is -0.140. The van der Waals surface area contributed by atoms with Gasteiger partial charge in [-0.2, -0.15) is 0 Å². The van der Waals surface area contributed by atoms with Gasteiger partial charge >= 0.3 is 0 Å². The summed E-state index contributed by atoms with van der Waals surface area (Å²) < 4.78 is 5.19. The van der Waals surface area contributed by atoms with Gasteiger partial charge in [0.1, 0.15) is 5.75 Å². The number of carbonyl (C=O) groups excluding carboxylic acids is 1. The number of hydrogen-bond donors (Lipinski definition) is 1. The van der Waals surface area contributed by atoms with E-state index in [1.165, 1.54) is 12.8 Å². The molecule has 126 valence electrons. The van der Waals surface area contributed by atoms with Gasteiger partial charge in [-0.25, -0.2) is 0 Å². The highest BCUT2D eigenvalue weighted by Crippen LogP contribution is 2.63. The van der Waals surface area contributed by atoms with Crippen molar-refractivity contribution in [3.8, 4) is 5.75 Å². The number of fused-ring (bicyclic) bond motifs is 2. The Kier molecular flexibility index (Phi) is 4.35. The van der Waals surface area contributed by atoms with Gasteiger partial charge in [0.2, 0.25) is 0 Å². The number of ether oxygens (including phenoxy) is 1. The largest absolute Gasteiger partial charge is 0.497 e. The fraction of sp³-hybridized carbons (Fsp3) is 0.632. The highest BCUT2D eigenvalue weighted by molar-refractivity contribution is 6.33. The number of carbonyl (C=O) groups is 1. The first kappa shape index (κ1) is 16.6. The molecule has 3 nitrogen and oxygen atoms in total. The van der Waals surface area contributed by atoms with E-state index in [1.54, 1.807) is 25.3 Å². The molecule has 0 radical (unpaired) electrons. The van der Waals surface area contributed by atoms with Crippen LogP contribution in [0.2, 0.25) is 5.02 Å². The molecule has 0 aromatic heterocycles. The second kappa shape index (κ2) is 6.01. The quantitative estimate of drug-likeness (QED) is 0.885. The van der Waals surface area contributed by atoms with E-state index in [0.717, 1.165) is 30.2 Å². The molecular weight excluding hydrogens is 310 g/mol. The van der Waals surface area contributed by atoms with Crippen LogP contribution in [0.3, 0.4) is 0 Å². The fourth-order valence-electron chi connectivity index (χ4n) is 5.04. The molecule has 0 saturated heterocycles. The molecule has 4 atom stereocenters. The maximum atomic E-state index is 12.6. The molecule has 3 rings (SSSR count). The Bertz CT molecular complexity index is 601. The zero-order chi connectivity index (χ0) is 16.8. The van der Waals surface area contributed by atoms with Gasteiger partial charge in [0.15, 0.2) is 0 Å². The molecule has 0 heterocycles. The summed E-state index contributed by atoms with van der Waals surface area (Å²) >= 11 is 6.17. The Morgan fingerprint density at radius 1 is 1.30 bits per heavy atom. The van der Waals surface area contributed by atoms with Gasteiger partial charge in [-0.1, -0.05) is 32.4 Å². The van der Waals surface area contributed by atoms with Crippen LogP contribution >= 0.6 is 11.6 Å². The SMILES string of the molecule is COc1ccc(Cl)c(C(=O)NCC2(C)C3CC2C(C)CC3C)c1. The van der Waals surface area contributed by atoms with Crippen LogP contribution in [0, 0.1) is 29.1 Å². The first-order chi connectivity index (χ1) is 10.9. The predicted molar refractivity (Wildman–Crippen MR) is 93.0 cm³/mol. The molecule has 2 aliphatic carbocycles. The molecular formula is C19H26ClNO2. The predicted octanol–water partition coefficient (Wildman–Crippen LogP) is 4.40. The van der Waals surface area contributed by atoms with Crippen LogP contribution in [-0.4, -0.2) is 19.6 Å². The lowest BCUT2D eigenvalue weighted by Crippen LogP contribution is -2.61. The molecule has 4 unspecified atom stereocenters. The first-order valence-corrected chi connectivity index (χ1v) is 8.86. The Morgan fingerprint density at radius 2 is 1.96 bits per heavy atom. The molecule has 1 aromatic rings. The standard InChI is InChI=1S/C19H26ClNO2/c1-11-7-12(2)16-9-15(11)19(16,3)10-21-18(22)14-8-13(23-4)5-6-17(14)20/h5-6,8,11-12,15-16H,7,9-10H2,1-4H3,(H,21,22). The summed E-state index contributed by atoms with van der Waals surface area (Å²) in [7, 11) is 1.59. The minimum Gasteiger partial charge on any atom is -0.497 e. The van der Waals surface area contributed by atoms with Crippen molar-refractivity contribution in [2.75, 3.05) is 13.7 Å². The van der Waals surface area contributed by atoms with E-state index in [4.69, 9.17) is 16.3 Å². The summed E-state index contributed by atoms with van der Waals surface area (Å²) in [5.41, 5.74) is 0.707. The molecule has 2 fully saturated rings. The molecule has 2 bridgehead atoms. The van der Waals surface area contributed by atoms with Crippen LogP contribution in [0.15, 0.2) is 18.2 Å². The van der Waals surface area contributed by atoms with Crippen molar-refractivity contribution in [2.45, 2.75) is 33.6 Å². The first-order valence-electron chi connectivity index (χ1n) is 8.48. The highest BCUT2D eigenvalue weighted by Gasteiger charge is 2.58. The highest BCUT2D eigenvalue weighted by atomic mass is 35.5. The van der Waals surface area contributed by atoms with Crippen molar-refractivity contribution in [2.24, 2.45) is 29.1 Å². The van der Waals surface area contributed by atoms with E-state index in [-0.39, 0.29) is 11.3 Å². The van der Waals surface area contributed by atoms with Gasteiger partial charge in [0, 0.05) is 6.54 Å². The zero-order valence-electron chi connectivity index (χ0n) is 14.4. The molecule has 1 amide bonds. The second-order valence-electron chi connectivity index (χ2n) is 7.67. The van der Waals surface area contributed by atoms with Crippen LogP contribution < -0.4 is 10.1 Å². The van der Waals surface area contributed by atoms with Gasteiger partial charge in [0.25, 0.3) is 5.91 Å². The summed E-state index contributed by atoms with van der Waals surface area (Å²) in [5.74, 6) is 3.48. The van der Waals surface area contributed by atoms with Crippen LogP contribution in [0.1, 0.15) is 44.0 Å². The van der Waals surface area contributed by atoms with E-state index in [1.807, 2.05) is 0 Å². The average molecular weight is 336 g/mol. The summed E-state index contributed by atoms with van der Waals surface area (Å²) in [6.07, 6.45) is 2.63. The summed E-state index contributed by atoms with van der Waals surface area (Å²) in [6.45, 7) is 7.78. The van der Waals surface area contributed by atoms with Crippen molar-refractivity contribution in [3.05, 3.63) is 28.8 Å². The number of amides is 1. The number of rotatable bonds is 4. The van der Waals surface area contributed by atoms with Crippen molar-refractivity contribution >= 4 is 17.5 Å². The number of methoxy groups -OCH3 is 1. The molecule has 2 aliphatic rings. The van der Waals surface area contributed by atoms with Gasteiger partial charge in [-0.15, -0.1) is 0 Å².